The van der Waals surface area contributed by atoms with E-state index < -0.39 is 0 Å². The molecule has 0 aromatic heterocycles. The minimum absolute atomic E-state index is 0.0734. The first-order valence-corrected chi connectivity index (χ1v) is 7.71. The first-order valence-electron chi connectivity index (χ1n) is 6.89. The zero-order chi connectivity index (χ0) is 13.3. The average Bonchev–Trinajstić information content (AvgIpc) is 2.34. The number of hydrogen-bond donors (Lipinski definition) is 0. The van der Waals surface area contributed by atoms with Crippen molar-refractivity contribution in [2.24, 2.45) is 11.8 Å². The molecule has 0 N–H and O–H groups in total. The Morgan fingerprint density at radius 1 is 1.06 bits per heavy atom. The van der Waals surface area contributed by atoms with Gasteiger partial charge in [-0.05, 0) is 61.3 Å². The van der Waals surface area contributed by atoms with E-state index in [9.17, 15) is 0 Å². The van der Waals surface area contributed by atoms with Crippen LogP contribution in [-0.4, -0.2) is 0 Å². The number of aryl methyl sites for hydroxylation is 2. The number of halogens is 2. The summed E-state index contributed by atoms with van der Waals surface area (Å²) in [7, 11) is 0. The molecule has 0 heterocycles. The van der Waals surface area contributed by atoms with Crippen molar-refractivity contribution >= 4 is 23.2 Å². The molecule has 18 heavy (non-hydrogen) atoms. The second-order valence-electron chi connectivity index (χ2n) is 5.88. The fourth-order valence-electron chi connectivity index (χ4n) is 2.85. The van der Waals surface area contributed by atoms with E-state index in [1.165, 1.54) is 36.8 Å². The third-order valence-corrected chi connectivity index (χ3v) is 5.30. The van der Waals surface area contributed by atoms with E-state index in [1.54, 1.807) is 0 Å². The predicted octanol–water partition coefficient (Wildman–Crippen LogP) is 6.06. The molecule has 1 unspecified atom stereocenters. The lowest BCUT2D eigenvalue weighted by molar-refractivity contribution is 0.283. The van der Waals surface area contributed by atoms with Crippen molar-refractivity contribution in [3.63, 3.8) is 0 Å². The molecule has 0 nitrogen and oxygen atoms in total. The number of alkyl halides is 1. The Bertz CT molecular complexity index is 417. The zero-order valence-electron chi connectivity index (χ0n) is 11.5. The van der Waals surface area contributed by atoms with Gasteiger partial charge in [0.2, 0.25) is 0 Å². The van der Waals surface area contributed by atoms with Gasteiger partial charge in [0.25, 0.3) is 0 Å². The van der Waals surface area contributed by atoms with Gasteiger partial charge in [-0.2, -0.15) is 0 Å². The summed E-state index contributed by atoms with van der Waals surface area (Å²) in [5.41, 5.74) is 3.65. The molecule has 1 fully saturated rings. The molecule has 0 saturated heterocycles. The Balaban J connectivity index is 2.18. The van der Waals surface area contributed by atoms with E-state index in [1.807, 2.05) is 6.07 Å². The molecule has 100 valence electrons. The van der Waals surface area contributed by atoms with Gasteiger partial charge >= 0.3 is 0 Å². The van der Waals surface area contributed by atoms with Gasteiger partial charge in [0.05, 0.1) is 5.38 Å². The highest BCUT2D eigenvalue weighted by atomic mass is 35.5. The Kier molecular flexibility index (Phi) is 4.61. The zero-order valence-corrected chi connectivity index (χ0v) is 13.0. The molecular weight excluding hydrogens is 263 g/mol. The van der Waals surface area contributed by atoms with Crippen LogP contribution < -0.4 is 0 Å². The molecule has 0 radical (unpaired) electrons. The molecular formula is C16H22Cl2. The normalized spacial score (nSPS) is 26.1. The largest absolute Gasteiger partial charge is 0.117 e. The summed E-state index contributed by atoms with van der Waals surface area (Å²) in [5.74, 6) is 1.45. The molecule has 0 amide bonds. The summed E-state index contributed by atoms with van der Waals surface area (Å²) in [4.78, 5) is 0. The molecule has 0 spiro atoms. The summed E-state index contributed by atoms with van der Waals surface area (Å²) in [6.07, 6.45) is 5.07. The highest BCUT2D eigenvalue weighted by Crippen LogP contribution is 2.42. The SMILES string of the molecule is Cc1cc(Cl)c(C(Cl)C2CCC(C)CC2)cc1C. The van der Waals surface area contributed by atoms with Crippen LogP contribution >= 0.6 is 23.2 Å². The maximum Gasteiger partial charge on any atom is 0.0628 e. The Labute approximate surface area is 121 Å². The van der Waals surface area contributed by atoms with Gasteiger partial charge in [0.1, 0.15) is 0 Å². The second kappa shape index (κ2) is 5.84. The summed E-state index contributed by atoms with van der Waals surface area (Å²) < 4.78 is 0. The van der Waals surface area contributed by atoms with Crippen molar-refractivity contribution in [3.8, 4) is 0 Å². The van der Waals surface area contributed by atoms with E-state index in [0.717, 1.165) is 16.5 Å². The van der Waals surface area contributed by atoms with E-state index in [0.29, 0.717) is 5.92 Å². The smallest absolute Gasteiger partial charge is 0.0628 e. The van der Waals surface area contributed by atoms with Crippen molar-refractivity contribution in [3.05, 3.63) is 33.8 Å². The molecule has 1 saturated carbocycles. The fourth-order valence-corrected chi connectivity index (χ4v) is 3.67. The van der Waals surface area contributed by atoms with Crippen molar-refractivity contribution in [1.82, 2.24) is 0 Å². The number of hydrogen-bond acceptors (Lipinski definition) is 0. The van der Waals surface area contributed by atoms with Crippen LogP contribution in [0.5, 0.6) is 0 Å². The van der Waals surface area contributed by atoms with Crippen LogP contribution in [0, 0.1) is 25.7 Å². The second-order valence-corrected chi connectivity index (χ2v) is 6.76. The summed E-state index contributed by atoms with van der Waals surface area (Å²) >= 11 is 13.0. The molecule has 2 heteroatoms. The van der Waals surface area contributed by atoms with Crippen LogP contribution in [0.15, 0.2) is 12.1 Å². The van der Waals surface area contributed by atoms with Gasteiger partial charge in [-0.1, -0.05) is 37.4 Å². The van der Waals surface area contributed by atoms with Crippen molar-refractivity contribution < 1.29 is 0 Å². The van der Waals surface area contributed by atoms with Gasteiger partial charge in [0.15, 0.2) is 0 Å². The standard InChI is InChI=1S/C16H22Cl2/c1-10-4-6-13(7-5-10)16(18)14-8-11(2)12(3)9-15(14)17/h8-10,13,16H,4-7H2,1-3H3. The maximum absolute atomic E-state index is 6.68. The van der Waals surface area contributed by atoms with Crippen LogP contribution in [0.4, 0.5) is 0 Å². The van der Waals surface area contributed by atoms with Gasteiger partial charge in [-0.3, -0.25) is 0 Å². The van der Waals surface area contributed by atoms with Gasteiger partial charge in [-0.15, -0.1) is 11.6 Å². The summed E-state index contributed by atoms with van der Waals surface area (Å²) in [6.45, 7) is 6.56. The van der Waals surface area contributed by atoms with Crippen molar-refractivity contribution in [2.45, 2.75) is 51.8 Å². The van der Waals surface area contributed by atoms with Crippen LogP contribution in [0.1, 0.15) is 54.7 Å². The van der Waals surface area contributed by atoms with E-state index >= 15 is 0 Å². The van der Waals surface area contributed by atoms with E-state index in [2.05, 4.69) is 26.8 Å². The Morgan fingerprint density at radius 2 is 1.61 bits per heavy atom. The molecule has 1 aromatic rings. The topological polar surface area (TPSA) is 0 Å². The maximum atomic E-state index is 6.68. The third-order valence-electron chi connectivity index (χ3n) is 4.38. The molecule has 1 aromatic carbocycles. The minimum Gasteiger partial charge on any atom is -0.117 e. The molecule has 0 bridgehead atoms. The molecule has 1 atom stereocenters. The van der Waals surface area contributed by atoms with Gasteiger partial charge in [-0.25, -0.2) is 0 Å². The van der Waals surface area contributed by atoms with E-state index in [-0.39, 0.29) is 5.38 Å². The van der Waals surface area contributed by atoms with Crippen LogP contribution in [0.25, 0.3) is 0 Å². The average molecular weight is 285 g/mol. The highest BCUT2D eigenvalue weighted by molar-refractivity contribution is 6.33. The molecule has 1 aliphatic carbocycles. The van der Waals surface area contributed by atoms with Crippen molar-refractivity contribution in [2.75, 3.05) is 0 Å². The highest BCUT2D eigenvalue weighted by Gasteiger charge is 2.27. The lowest BCUT2D eigenvalue weighted by Crippen LogP contribution is -2.17. The van der Waals surface area contributed by atoms with Crippen LogP contribution in [-0.2, 0) is 0 Å². The summed E-state index contributed by atoms with van der Waals surface area (Å²) in [5, 5.41) is 0.904. The Morgan fingerprint density at radius 3 is 2.22 bits per heavy atom. The number of benzene rings is 1. The first-order chi connectivity index (χ1) is 8.49. The van der Waals surface area contributed by atoms with Crippen LogP contribution in [0.3, 0.4) is 0 Å². The first kappa shape index (κ1) is 14.2. The lowest BCUT2D eigenvalue weighted by atomic mass is 9.79. The fraction of sp³-hybridized carbons (Fsp3) is 0.625. The molecule has 1 aliphatic rings. The van der Waals surface area contributed by atoms with Crippen molar-refractivity contribution in [1.29, 1.82) is 0 Å². The Hall–Kier alpha value is -0.200. The quantitative estimate of drug-likeness (QED) is 0.579. The van der Waals surface area contributed by atoms with E-state index in [4.69, 9.17) is 23.2 Å². The summed E-state index contributed by atoms with van der Waals surface area (Å²) in [6, 6.07) is 4.22. The van der Waals surface area contributed by atoms with Gasteiger partial charge in [0, 0.05) is 5.02 Å². The predicted molar refractivity (Wildman–Crippen MR) is 80.6 cm³/mol. The molecule has 2 rings (SSSR count). The monoisotopic (exact) mass is 284 g/mol. The molecule has 0 aliphatic heterocycles. The third kappa shape index (κ3) is 3.03. The van der Waals surface area contributed by atoms with Crippen LogP contribution in [0.2, 0.25) is 5.02 Å². The number of rotatable bonds is 2. The van der Waals surface area contributed by atoms with Gasteiger partial charge < -0.3 is 0 Å². The lowest BCUT2D eigenvalue weighted by Gasteiger charge is -2.30. The minimum atomic E-state index is 0.0734.